The molecule has 1 N–H and O–H groups in total. The van der Waals surface area contributed by atoms with E-state index in [9.17, 15) is 18.0 Å². The topological polar surface area (TPSA) is 107 Å². The highest BCUT2D eigenvalue weighted by Crippen LogP contribution is 2.30. The smallest absolute Gasteiger partial charge is 0.339 e. The van der Waals surface area contributed by atoms with Crippen molar-refractivity contribution in [2.45, 2.75) is 23.9 Å². The van der Waals surface area contributed by atoms with E-state index in [2.05, 4.69) is 10.3 Å². The molecular formula is C25H23N3O5S2. The number of methoxy groups -OCH3 is 1. The molecule has 0 radical (unpaired) electrons. The summed E-state index contributed by atoms with van der Waals surface area (Å²) < 4.78 is 33.3. The number of rotatable bonds is 7. The highest BCUT2D eigenvalue weighted by atomic mass is 32.2. The zero-order chi connectivity index (χ0) is 25.2. The first-order chi connectivity index (χ1) is 16.7. The van der Waals surface area contributed by atoms with Gasteiger partial charge in [-0.3, -0.25) is 4.79 Å². The Morgan fingerprint density at radius 3 is 2.37 bits per heavy atom. The van der Waals surface area contributed by atoms with Gasteiger partial charge in [0.05, 0.1) is 40.0 Å². The van der Waals surface area contributed by atoms with E-state index in [1.54, 1.807) is 60.7 Å². The van der Waals surface area contributed by atoms with Crippen molar-refractivity contribution in [2.24, 2.45) is 0 Å². The number of hydrogen-bond acceptors (Lipinski definition) is 7. The fraction of sp³-hybridized carbons (Fsp3) is 0.160. The second kappa shape index (κ2) is 9.93. The fourth-order valence-electron chi connectivity index (χ4n) is 3.69. The monoisotopic (exact) mass is 509 g/mol. The maximum atomic E-state index is 13.7. The lowest BCUT2D eigenvalue weighted by atomic mass is 10.2. The molecule has 180 valence electrons. The minimum absolute atomic E-state index is 0.124. The van der Waals surface area contributed by atoms with E-state index in [4.69, 9.17) is 4.74 Å². The maximum absolute atomic E-state index is 13.7. The average Bonchev–Trinajstić information content (AvgIpc) is 3.21. The standard InChI is InChI=1S/C25H23N3O5S2/c1-16-12-17(2)14-18(13-16)35(31,32)28-22-11-7-6-10-21(22)27-25(28)34-15-23(29)26-20-9-5-4-8-19(20)24(30)33-3/h4-14H,15H2,1-3H3,(H,26,29). The molecule has 1 aromatic heterocycles. The first-order valence-electron chi connectivity index (χ1n) is 10.6. The largest absolute Gasteiger partial charge is 0.465 e. The van der Waals surface area contributed by atoms with Crippen LogP contribution in [0.4, 0.5) is 5.69 Å². The van der Waals surface area contributed by atoms with Gasteiger partial charge in [0.2, 0.25) is 5.91 Å². The molecular weight excluding hydrogens is 486 g/mol. The van der Waals surface area contributed by atoms with Crippen molar-refractivity contribution in [3.8, 4) is 0 Å². The number of imidazole rings is 1. The van der Waals surface area contributed by atoms with Gasteiger partial charge in [0.1, 0.15) is 0 Å². The van der Waals surface area contributed by atoms with Crippen LogP contribution < -0.4 is 5.32 Å². The number of fused-ring (bicyclic) bond motifs is 1. The fourth-order valence-corrected chi connectivity index (χ4v) is 6.39. The molecule has 0 aliphatic heterocycles. The molecule has 0 unspecified atom stereocenters. The summed E-state index contributed by atoms with van der Waals surface area (Å²) in [7, 11) is -2.72. The number of hydrogen-bond donors (Lipinski definition) is 1. The zero-order valence-corrected chi connectivity index (χ0v) is 20.9. The summed E-state index contributed by atoms with van der Waals surface area (Å²) >= 11 is 0.995. The van der Waals surface area contributed by atoms with Crippen LogP contribution in [0.2, 0.25) is 0 Å². The minimum Gasteiger partial charge on any atom is -0.465 e. The molecule has 4 rings (SSSR count). The van der Waals surface area contributed by atoms with Crippen LogP contribution in [0.25, 0.3) is 11.0 Å². The maximum Gasteiger partial charge on any atom is 0.339 e. The Morgan fingerprint density at radius 2 is 1.66 bits per heavy atom. The lowest BCUT2D eigenvalue weighted by molar-refractivity contribution is -0.113. The Morgan fingerprint density at radius 1 is 1.00 bits per heavy atom. The van der Waals surface area contributed by atoms with Crippen molar-refractivity contribution in [2.75, 3.05) is 18.2 Å². The van der Waals surface area contributed by atoms with Gasteiger partial charge in [-0.25, -0.2) is 22.2 Å². The first kappa shape index (κ1) is 24.5. The van der Waals surface area contributed by atoms with Crippen LogP contribution in [0.5, 0.6) is 0 Å². The van der Waals surface area contributed by atoms with Gasteiger partial charge in [-0.2, -0.15) is 0 Å². The van der Waals surface area contributed by atoms with Crippen molar-refractivity contribution < 1.29 is 22.7 Å². The lowest BCUT2D eigenvalue weighted by Gasteiger charge is -2.12. The van der Waals surface area contributed by atoms with E-state index in [0.29, 0.717) is 16.7 Å². The molecule has 0 spiro atoms. The van der Waals surface area contributed by atoms with Crippen LogP contribution >= 0.6 is 11.8 Å². The number of aromatic nitrogens is 2. The number of benzene rings is 3. The molecule has 0 saturated carbocycles. The molecule has 1 amide bonds. The van der Waals surface area contributed by atoms with Crippen LogP contribution in [0.15, 0.2) is 76.8 Å². The van der Waals surface area contributed by atoms with Gasteiger partial charge in [-0.15, -0.1) is 0 Å². The molecule has 35 heavy (non-hydrogen) atoms. The van der Waals surface area contributed by atoms with Crippen molar-refractivity contribution in [3.63, 3.8) is 0 Å². The number of amides is 1. The van der Waals surface area contributed by atoms with Gasteiger partial charge in [-0.05, 0) is 61.4 Å². The molecule has 8 nitrogen and oxygen atoms in total. The average molecular weight is 510 g/mol. The van der Waals surface area contributed by atoms with Crippen molar-refractivity contribution >= 4 is 50.4 Å². The summed E-state index contributed by atoms with van der Waals surface area (Å²) in [4.78, 5) is 29.3. The molecule has 0 aliphatic carbocycles. The molecule has 10 heteroatoms. The number of anilines is 1. The van der Waals surface area contributed by atoms with Gasteiger partial charge < -0.3 is 10.1 Å². The second-order valence-electron chi connectivity index (χ2n) is 7.85. The van der Waals surface area contributed by atoms with Crippen LogP contribution in [0.1, 0.15) is 21.5 Å². The predicted molar refractivity (Wildman–Crippen MR) is 135 cm³/mol. The number of carbonyl (C=O) groups is 2. The normalized spacial score (nSPS) is 11.4. The van der Waals surface area contributed by atoms with Crippen LogP contribution in [-0.2, 0) is 19.6 Å². The molecule has 0 atom stereocenters. The van der Waals surface area contributed by atoms with Gasteiger partial charge in [0.15, 0.2) is 5.16 Å². The predicted octanol–water partition coefficient (Wildman–Crippen LogP) is 4.41. The Kier molecular flexibility index (Phi) is 6.95. The van der Waals surface area contributed by atoms with Crippen LogP contribution in [-0.4, -0.2) is 42.1 Å². The molecule has 0 bridgehead atoms. The van der Waals surface area contributed by atoms with Gasteiger partial charge in [0.25, 0.3) is 10.0 Å². The number of esters is 1. The first-order valence-corrected chi connectivity index (χ1v) is 13.0. The molecule has 0 aliphatic rings. The third kappa shape index (κ3) is 5.08. The van der Waals surface area contributed by atoms with Crippen LogP contribution in [0, 0.1) is 13.8 Å². The van der Waals surface area contributed by atoms with Crippen LogP contribution in [0.3, 0.4) is 0 Å². The SMILES string of the molecule is COC(=O)c1ccccc1NC(=O)CSc1nc2ccccc2n1S(=O)(=O)c1cc(C)cc(C)c1. The third-order valence-electron chi connectivity index (χ3n) is 5.16. The quantitative estimate of drug-likeness (QED) is 0.290. The molecule has 0 fully saturated rings. The van der Waals surface area contributed by atoms with Gasteiger partial charge >= 0.3 is 5.97 Å². The van der Waals surface area contributed by atoms with Crippen molar-refractivity contribution in [3.05, 3.63) is 83.4 Å². The summed E-state index contributed by atoms with van der Waals surface area (Å²) in [6.07, 6.45) is 0. The number of nitrogens with zero attached hydrogens (tertiary/aromatic N) is 2. The Hall–Kier alpha value is -3.63. The number of thioether (sulfide) groups is 1. The highest BCUT2D eigenvalue weighted by molar-refractivity contribution is 8.00. The Labute approximate surface area is 207 Å². The number of para-hydroxylation sites is 3. The van der Waals surface area contributed by atoms with E-state index in [1.807, 2.05) is 19.9 Å². The summed E-state index contributed by atoms with van der Waals surface area (Å²) in [5.74, 6) is -1.12. The zero-order valence-electron chi connectivity index (χ0n) is 19.3. The summed E-state index contributed by atoms with van der Waals surface area (Å²) in [5, 5.41) is 2.86. The summed E-state index contributed by atoms with van der Waals surface area (Å²) in [6, 6.07) is 18.5. The van der Waals surface area contributed by atoms with Crippen molar-refractivity contribution in [1.29, 1.82) is 0 Å². The number of aryl methyl sites for hydroxylation is 2. The molecule has 4 aromatic rings. The van der Waals surface area contributed by atoms with E-state index in [1.165, 1.54) is 11.1 Å². The van der Waals surface area contributed by atoms with E-state index in [0.717, 1.165) is 22.9 Å². The van der Waals surface area contributed by atoms with E-state index < -0.39 is 21.9 Å². The number of nitrogens with one attached hydrogen (secondary N) is 1. The van der Waals surface area contributed by atoms with E-state index >= 15 is 0 Å². The highest BCUT2D eigenvalue weighted by Gasteiger charge is 2.25. The van der Waals surface area contributed by atoms with E-state index in [-0.39, 0.29) is 21.4 Å². The Bertz CT molecular complexity index is 1520. The summed E-state index contributed by atoms with van der Waals surface area (Å²) in [6.45, 7) is 3.67. The molecule has 3 aromatic carbocycles. The minimum atomic E-state index is -3.99. The third-order valence-corrected chi connectivity index (χ3v) is 7.90. The number of carbonyl (C=O) groups excluding carboxylic acids is 2. The molecule has 0 saturated heterocycles. The number of ether oxygens (including phenoxy) is 1. The summed E-state index contributed by atoms with van der Waals surface area (Å²) in [5.41, 5.74) is 3.10. The van der Waals surface area contributed by atoms with Gasteiger partial charge in [0, 0.05) is 0 Å². The molecule has 1 heterocycles. The second-order valence-corrected chi connectivity index (χ2v) is 10.6. The lowest BCUT2D eigenvalue weighted by Crippen LogP contribution is -2.18. The van der Waals surface area contributed by atoms with Crippen molar-refractivity contribution in [1.82, 2.24) is 8.96 Å². The van der Waals surface area contributed by atoms with Gasteiger partial charge in [-0.1, -0.05) is 42.1 Å². The Balaban J connectivity index is 1.66.